The average molecular weight is 385 g/mol. The first-order valence-corrected chi connectivity index (χ1v) is 9.88. The van der Waals surface area contributed by atoms with Gasteiger partial charge in [0.2, 0.25) is 0 Å². The SMILES string of the molecule is CCOC(=O)N[C@H]1CCCC[C@@H]1n1cnc(C(=O)OCC)c1-c1ccccc1. The molecule has 1 aliphatic rings. The molecule has 1 heterocycles. The van der Waals surface area contributed by atoms with Crippen LogP contribution in [-0.2, 0) is 9.47 Å². The van der Waals surface area contributed by atoms with E-state index in [1.807, 2.05) is 34.9 Å². The highest BCUT2D eigenvalue weighted by atomic mass is 16.5. The summed E-state index contributed by atoms with van der Waals surface area (Å²) in [5, 5.41) is 2.98. The van der Waals surface area contributed by atoms with Crippen molar-refractivity contribution in [2.75, 3.05) is 13.2 Å². The second kappa shape index (κ2) is 9.39. The van der Waals surface area contributed by atoms with E-state index >= 15 is 0 Å². The van der Waals surface area contributed by atoms with Crippen LogP contribution < -0.4 is 5.32 Å². The molecule has 1 aromatic heterocycles. The van der Waals surface area contributed by atoms with Crippen molar-refractivity contribution in [2.24, 2.45) is 0 Å². The van der Waals surface area contributed by atoms with Crippen LogP contribution in [0.5, 0.6) is 0 Å². The normalized spacial score (nSPS) is 19.1. The Hall–Kier alpha value is -2.83. The van der Waals surface area contributed by atoms with Crippen molar-refractivity contribution in [1.29, 1.82) is 0 Å². The minimum atomic E-state index is -0.439. The summed E-state index contributed by atoms with van der Waals surface area (Å²) in [5.74, 6) is -0.439. The molecule has 0 aliphatic heterocycles. The fraction of sp³-hybridized carbons (Fsp3) is 0.476. The molecule has 0 saturated heterocycles. The number of nitrogens with zero attached hydrogens (tertiary/aromatic N) is 2. The molecule has 1 aromatic carbocycles. The minimum Gasteiger partial charge on any atom is -0.461 e. The van der Waals surface area contributed by atoms with Crippen LogP contribution in [-0.4, -0.2) is 40.9 Å². The maximum absolute atomic E-state index is 12.5. The number of alkyl carbamates (subject to hydrolysis) is 1. The van der Waals surface area contributed by atoms with Gasteiger partial charge in [-0.25, -0.2) is 14.6 Å². The number of esters is 1. The third-order valence-electron chi connectivity index (χ3n) is 4.98. The van der Waals surface area contributed by atoms with Gasteiger partial charge in [-0.15, -0.1) is 0 Å². The number of carbonyl (C=O) groups excluding carboxylic acids is 2. The number of carbonyl (C=O) groups is 2. The van der Waals surface area contributed by atoms with E-state index in [2.05, 4.69) is 10.3 Å². The van der Waals surface area contributed by atoms with Crippen LogP contribution >= 0.6 is 0 Å². The highest BCUT2D eigenvalue weighted by Crippen LogP contribution is 2.34. The summed E-state index contributed by atoms with van der Waals surface area (Å²) in [7, 11) is 0. The van der Waals surface area contributed by atoms with Crippen molar-refractivity contribution < 1.29 is 19.1 Å². The summed E-state index contributed by atoms with van der Waals surface area (Å²) < 4.78 is 12.3. The lowest BCUT2D eigenvalue weighted by atomic mass is 9.89. The van der Waals surface area contributed by atoms with Crippen LogP contribution in [0.3, 0.4) is 0 Å². The third kappa shape index (κ3) is 4.35. The summed E-state index contributed by atoms with van der Waals surface area (Å²) >= 11 is 0. The molecular formula is C21H27N3O4. The van der Waals surface area contributed by atoms with Gasteiger partial charge in [0.15, 0.2) is 5.69 Å². The summed E-state index contributed by atoms with van der Waals surface area (Å²) in [5.41, 5.74) is 1.92. The Morgan fingerprint density at radius 2 is 1.82 bits per heavy atom. The molecule has 1 saturated carbocycles. The molecule has 0 unspecified atom stereocenters. The highest BCUT2D eigenvalue weighted by molar-refractivity contribution is 5.94. The Morgan fingerprint density at radius 1 is 1.11 bits per heavy atom. The molecule has 1 N–H and O–H groups in total. The number of aromatic nitrogens is 2. The fourth-order valence-electron chi connectivity index (χ4n) is 3.78. The molecule has 28 heavy (non-hydrogen) atoms. The molecule has 0 spiro atoms. The van der Waals surface area contributed by atoms with E-state index in [1.165, 1.54) is 0 Å². The fourth-order valence-corrected chi connectivity index (χ4v) is 3.78. The molecule has 1 fully saturated rings. The van der Waals surface area contributed by atoms with E-state index in [9.17, 15) is 9.59 Å². The van der Waals surface area contributed by atoms with E-state index in [1.54, 1.807) is 20.2 Å². The number of rotatable bonds is 6. The highest BCUT2D eigenvalue weighted by Gasteiger charge is 2.32. The maximum atomic E-state index is 12.5. The Morgan fingerprint density at radius 3 is 2.54 bits per heavy atom. The van der Waals surface area contributed by atoms with Crippen molar-refractivity contribution >= 4 is 12.1 Å². The largest absolute Gasteiger partial charge is 0.461 e. The predicted molar refractivity (Wildman–Crippen MR) is 105 cm³/mol. The zero-order chi connectivity index (χ0) is 19.9. The van der Waals surface area contributed by atoms with Crippen LogP contribution in [0.1, 0.15) is 56.1 Å². The first-order valence-electron chi connectivity index (χ1n) is 9.88. The lowest BCUT2D eigenvalue weighted by Crippen LogP contribution is -2.43. The molecule has 2 aromatic rings. The van der Waals surface area contributed by atoms with Gasteiger partial charge >= 0.3 is 12.1 Å². The van der Waals surface area contributed by atoms with Crippen molar-refractivity contribution in [3.8, 4) is 11.3 Å². The van der Waals surface area contributed by atoms with Gasteiger partial charge in [-0.1, -0.05) is 43.2 Å². The topological polar surface area (TPSA) is 82.5 Å². The second-order valence-corrected chi connectivity index (χ2v) is 6.76. The first kappa shape index (κ1) is 19.9. The van der Waals surface area contributed by atoms with Crippen molar-refractivity contribution in [2.45, 2.75) is 51.6 Å². The Labute approximate surface area is 165 Å². The van der Waals surface area contributed by atoms with Gasteiger partial charge in [0.05, 0.1) is 37.3 Å². The lowest BCUT2D eigenvalue weighted by molar-refractivity contribution is 0.0520. The van der Waals surface area contributed by atoms with Gasteiger partial charge in [0, 0.05) is 5.56 Å². The van der Waals surface area contributed by atoms with Crippen molar-refractivity contribution in [3.05, 3.63) is 42.4 Å². The third-order valence-corrected chi connectivity index (χ3v) is 4.98. The molecule has 0 radical (unpaired) electrons. The number of hydrogen-bond acceptors (Lipinski definition) is 5. The second-order valence-electron chi connectivity index (χ2n) is 6.76. The van der Waals surface area contributed by atoms with Gasteiger partial charge in [0.25, 0.3) is 0 Å². The van der Waals surface area contributed by atoms with Crippen LogP contribution in [0.2, 0.25) is 0 Å². The molecule has 150 valence electrons. The molecule has 0 bridgehead atoms. The van der Waals surface area contributed by atoms with E-state index in [0.29, 0.717) is 12.3 Å². The van der Waals surface area contributed by atoms with Gasteiger partial charge in [0.1, 0.15) is 0 Å². The molecule has 1 aliphatic carbocycles. The van der Waals surface area contributed by atoms with E-state index < -0.39 is 12.1 Å². The molecule has 7 nitrogen and oxygen atoms in total. The Balaban J connectivity index is 1.99. The number of ether oxygens (including phenoxy) is 2. The maximum Gasteiger partial charge on any atom is 0.407 e. The lowest BCUT2D eigenvalue weighted by Gasteiger charge is -2.33. The molecule has 2 atom stereocenters. The molecule has 1 amide bonds. The van der Waals surface area contributed by atoms with Gasteiger partial charge in [-0.3, -0.25) is 0 Å². The van der Waals surface area contributed by atoms with Crippen molar-refractivity contribution in [3.63, 3.8) is 0 Å². The number of nitrogens with one attached hydrogen (secondary N) is 1. The van der Waals surface area contributed by atoms with E-state index in [0.717, 1.165) is 36.9 Å². The average Bonchev–Trinajstić information content (AvgIpc) is 3.14. The van der Waals surface area contributed by atoms with Gasteiger partial charge < -0.3 is 19.4 Å². The summed E-state index contributed by atoms with van der Waals surface area (Å²) in [6.07, 6.45) is 5.09. The minimum absolute atomic E-state index is 0.0101. The predicted octanol–water partition coefficient (Wildman–Crippen LogP) is 3.96. The van der Waals surface area contributed by atoms with Crippen LogP contribution in [0.25, 0.3) is 11.3 Å². The standard InChI is InChI=1S/C21H27N3O4/c1-3-27-20(25)18-19(15-10-6-5-7-11-15)24(14-22-18)17-13-9-8-12-16(17)23-21(26)28-4-2/h5-7,10-11,14,16-17H,3-4,8-9,12-13H2,1-2H3,(H,23,26)/t16-,17-/m0/s1. The molecular weight excluding hydrogens is 358 g/mol. The van der Waals surface area contributed by atoms with Crippen molar-refractivity contribution in [1.82, 2.24) is 14.9 Å². The zero-order valence-corrected chi connectivity index (χ0v) is 16.4. The van der Waals surface area contributed by atoms with Gasteiger partial charge in [-0.05, 0) is 26.7 Å². The summed E-state index contributed by atoms with van der Waals surface area (Å²) in [4.78, 5) is 28.9. The number of imidazole rings is 1. The molecule has 3 rings (SSSR count). The van der Waals surface area contributed by atoms with Crippen LogP contribution in [0.4, 0.5) is 4.79 Å². The molecule has 7 heteroatoms. The smallest absolute Gasteiger partial charge is 0.407 e. The van der Waals surface area contributed by atoms with Crippen LogP contribution in [0, 0.1) is 0 Å². The number of amides is 1. The number of hydrogen-bond donors (Lipinski definition) is 1. The quantitative estimate of drug-likeness (QED) is 0.761. The zero-order valence-electron chi connectivity index (χ0n) is 16.4. The summed E-state index contributed by atoms with van der Waals surface area (Å²) in [6, 6.07) is 9.59. The Bertz CT molecular complexity index is 803. The Kier molecular flexibility index (Phi) is 6.68. The van der Waals surface area contributed by atoms with Gasteiger partial charge in [-0.2, -0.15) is 0 Å². The van der Waals surface area contributed by atoms with Crippen LogP contribution in [0.15, 0.2) is 36.7 Å². The monoisotopic (exact) mass is 385 g/mol. The first-order chi connectivity index (χ1) is 13.7. The van der Waals surface area contributed by atoms with E-state index in [-0.39, 0.29) is 18.7 Å². The number of benzene rings is 1. The summed E-state index contributed by atoms with van der Waals surface area (Å²) in [6.45, 7) is 4.18. The van der Waals surface area contributed by atoms with E-state index in [4.69, 9.17) is 9.47 Å².